The molecule has 1 unspecified atom stereocenters. The largest absolute Gasteiger partial charge is 0.416 e. The van der Waals surface area contributed by atoms with Crippen LogP contribution in [0.15, 0.2) is 48.7 Å². The number of H-pyrrole nitrogens is 1. The molecule has 1 aromatic heterocycles. The minimum atomic E-state index is -4.91. The van der Waals surface area contributed by atoms with E-state index in [1.54, 1.807) is 6.20 Å². The minimum Gasteiger partial charge on any atom is -0.361 e. The minimum absolute atomic E-state index is 0.0124. The number of piperidine rings is 3. The molecule has 4 heterocycles. The summed E-state index contributed by atoms with van der Waals surface area (Å²) < 4.78 is 79.3. The molecular formula is C31H34F6N4O2. The molecule has 1 atom stereocenters. The molecule has 0 saturated carbocycles. The Hall–Kier alpha value is -3.54. The predicted octanol–water partition coefficient (Wildman–Crippen LogP) is 6.64. The Balaban J connectivity index is 1.24. The number of aromatic amines is 1. The van der Waals surface area contributed by atoms with Crippen molar-refractivity contribution in [2.75, 3.05) is 19.6 Å². The Labute approximate surface area is 245 Å². The highest BCUT2D eigenvalue weighted by Gasteiger charge is 2.41. The van der Waals surface area contributed by atoms with Crippen LogP contribution in [0.3, 0.4) is 0 Å². The summed E-state index contributed by atoms with van der Waals surface area (Å²) in [6.45, 7) is 2.73. The molecule has 2 amide bonds. The number of urea groups is 1. The number of nitrogens with zero attached hydrogens (tertiary/aromatic N) is 1. The number of hydrogen-bond donors (Lipinski definition) is 3. The summed E-state index contributed by atoms with van der Waals surface area (Å²) in [5.74, 6) is -0.253. The molecular weight excluding hydrogens is 574 g/mol. The van der Waals surface area contributed by atoms with E-state index >= 15 is 0 Å². The first kappa shape index (κ1) is 30.9. The van der Waals surface area contributed by atoms with Crippen LogP contribution in [0, 0.1) is 0 Å². The third-order valence-electron chi connectivity index (χ3n) is 8.68. The fraction of sp³-hybridized carbons (Fsp3) is 0.484. The number of carbonyl (C=O) groups is 2. The Kier molecular flexibility index (Phi) is 8.78. The van der Waals surface area contributed by atoms with Gasteiger partial charge in [0.05, 0.1) is 17.2 Å². The number of carbonyl (C=O) groups excluding carboxylic acids is 2. The second-order valence-electron chi connectivity index (χ2n) is 11.7. The van der Waals surface area contributed by atoms with E-state index < -0.39 is 35.6 Å². The summed E-state index contributed by atoms with van der Waals surface area (Å²) in [5, 5.41) is 6.92. The van der Waals surface area contributed by atoms with Crippen molar-refractivity contribution in [1.82, 2.24) is 20.5 Å². The zero-order valence-corrected chi connectivity index (χ0v) is 23.5. The van der Waals surface area contributed by atoms with Gasteiger partial charge in [0.25, 0.3) is 0 Å². The van der Waals surface area contributed by atoms with E-state index in [0.29, 0.717) is 0 Å². The van der Waals surface area contributed by atoms with Gasteiger partial charge >= 0.3 is 18.4 Å². The first-order valence-electron chi connectivity index (χ1n) is 14.5. The summed E-state index contributed by atoms with van der Waals surface area (Å²) in [6.07, 6.45) is -4.87. The lowest BCUT2D eigenvalue weighted by Gasteiger charge is -2.48. The smallest absolute Gasteiger partial charge is 0.361 e. The summed E-state index contributed by atoms with van der Waals surface area (Å²) >= 11 is 0. The average molecular weight is 609 g/mol. The molecule has 6 rings (SSSR count). The van der Waals surface area contributed by atoms with E-state index in [-0.39, 0.29) is 55.1 Å². The standard InChI is InChI=1S/C31H34F6N4O2/c32-30(33,34)22-15-20(16-23(18-22)31(35,36)37)5-1-4-8-27(42)26(17-21-19-38-25-7-3-2-6-24(21)25)39-28(43)40-29-9-12-41(13-10-29)14-11-29/h2-3,6-7,15-16,18-19,26,38H,1,4-5,8-14,17H2,(H2,39,40,43). The highest BCUT2D eigenvalue weighted by Crippen LogP contribution is 2.37. The molecule has 232 valence electrons. The van der Waals surface area contributed by atoms with Crippen molar-refractivity contribution in [3.8, 4) is 0 Å². The van der Waals surface area contributed by atoms with Crippen LogP contribution in [0.25, 0.3) is 10.9 Å². The summed E-state index contributed by atoms with van der Waals surface area (Å²) in [4.78, 5) is 32.1. The SMILES string of the molecule is O=C(NC(Cc1c[nH]c2ccccc12)C(=O)CCCCc1cc(C(F)(F)F)cc(C(F)(F)F)c1)NC12CCN(CC1)CC2. The molecule has 3 N–H and O–H groups in total. The number of hydrogen-bond acceptors (Lipinski definition) is 3. The highest BCUT2D eigenvalue weighted by atomic mass is 19.4. The molecule has 6 nitrogen and oxygen atoms in total. The zero-order chi connectivity index (χ0) is 30.8. The Morgan fingerprint density at radius 3 is 2.16 bits per heavy atom. The number of aromatic nitrogens is 1. The van der Waals surface area contributed by atoms with Crippen LogP contribution in [0.2, 0.25) is 0 Å². The number of amides is 2. The maximum absolute atomic E-state index is 13.4. The molecule has 3 saturated heterocycles. The van der Waals surface area contributed by atoms with E-state index in [9.17, 15) is 35.9 Å². The number of unbranched alkanes of at least 4 members (excludes halogenated alkanes) is 1. The van der Waals surface area contributed by atoms with Crippen molar-refractivity contribution in [3.63, 3.8) is 0 Å². The van der Waals surface area contributed by atoms with Gasteiger partial charge in [-0.1, -0.05) is 18.2 Å². The number of halogens is 6. The molecule has 3 aliphatic rings. The third kappa shape index (κ3) is 7.52. The van der Waals surface area contributed by atoms with Crippen LogP contribution < -0.4 is 10.6 Å². The Bertz CT molecular complexity index is 1410. The number of Topliss-reactive ketones (excluding diaryl/α,β-unsaturated/α-hetero) is 1. The molecule has 3 aromatic rings. The lowest BCUT2D eigenvalue weighted by atomic mass is 9.80. The molecule has 3 fully saturated rings. The lowest BCUT2D eigenvalue weighted by molar-refractivity contribution is -0.143. The number of aryl methyl sites for hydroxylation is 1. The van der Waals surface area contributed by atoms with Crippen molar-refractivity contribution in [1.29, 1.82) is 0 Å². The van der Waals surface area contributed by atoms with E-state index in [1.807, 2.05) is 24.3 Å². The normalized spacial score (nSPS) is 21.1. The van der Waals surface area contributed by atoms with E-state index in [1.165, 1.54) is 0 Å². The first-order chi connectivity index (χ1) is 20.3. The van der Waals surface area contributed by atoms with Crippen molar-refractivity contribution >= 4 is 22.7 Å². The fourth-order valence-corrected chi connectivity index (χ4v) is 6.18. The Morgan fingerprint density at radius 1 is 0.907 bits per heavy atom. The third-order valence-corrected chi connectivity index (χ3v) is 8.68. The summed E-state index contributed by atoms with van der Waals surface area (Å²) in [6, 6.07) is 7.86. The predicted molar refractivity (Wildman–Crippen MR) is 149 cm³/mol. The second-order valence-corrected chi connectivity index (χ2v) is 11.7. The van der Waals surface area contributed by atoms with Crippen LogP contribution in [0.1, 0.15) is 60.8 Å². The lowest BCUT2D eigenvalue weighted by Crippen LogP contribution is -2.63. The number of nitrogens with one attached hydrogen (secondary N) is 3. The van der Waals surface area contributed by atoms with Crippen molar-refractivity contribution in [2.24, 2.45) is 0 Å². The summed E-state index contributed by atoms with van der Waals surface area (Å²) in [7, 11) is 0. The number of ketones is 1. The van der Waals surface area contributed by atoms with Gasteiger partial charge in [0.1, 0.15) is 0 Å². The second kappa shape index (κ2) is 12.2. The maximum Gasteiger partial charge on any atom is 0.416 e. The monoisotopic (exact) mass is 608 g/mol. The first-order valence-corrected chi connectivity index (χ1v) is 14.5. The molecule has 2 bridgehead atoms. The van der Waals surface area contributed by atoms with Gasteiger partial charge in [-0.3, -0.25) is 4.79 Å². The highest BCUT2D eigenvalue weighted by molar-refractivity contribution is 5.90. The molecule has 0 radical (unpaired) electrons. The quantitative estimate of drug-likeness (QED) is 0.179. The van der Waals surface area contributed by atoms with Gasteiger partial charge in [0.2, 0.25) is 0 Å². The van der Waals surface area contributed by atoms with Crippen LogP contribution in [-0.2, 0) is 30.0 Å². The number of fused-ring (bicyclic) bond motifs is 4. The average Bonchev–Trinajstić information content (AvgIpc) is 3.37. The van der Waals surface area contributed by atoms with E-state index in [2.05, 4.69) is 20.5 Å². The van der Waals surface area contributed by atoms with Gasteiger partial charge in [0.15, 0.2) is 5.78 Å². The number of rotatable bonds is 10. The van der Waals surface area contributed by atoms with E-state index in [0.717, 1.165) is 67.5 Å². The van der Waals surface area contributed by atoms with Crippen LogP contribution in [0.4, 0.5) is 31.1 Å². The van der Waals surface area contributed by atoms with Gasteiger partial charge in [-0.05, 0) is 73.9 Å². The van der Waals surface area contributed by atoms with Gasteiger partial charge in [-0.2, -0.15) is 26.3 Å². The number of para-hydroxylation sites is 1. The number of benzene rings is 2. The van der Waals surface area contributed by atoms with Crippen molar-refractivity contribution in [3.05, 3.63) is 70.9 Å². The molecule has 3 aliphatic heterocycles. The molecule has 0 aliphatic carbocycles. The number of alkyl halides is 6. The van der Waals surface area contributed by atoms with Gasteiger partial charge < -0.3 is 20.5 Å². The van der Waals surface area contributed by atoms with Crippen molar-refractivity contribution in [2.45, 2.75) is 75.3 Å². The van der Waals surface area contributed by atoms with E-state index in [4.69, 9.17) is 0 Å². The molecule has 12 heteroatoms. The van der Waals surface area contributed by atoms with Gasteiger partial charge in [0, 0.05) is 55.1 Å². The van der Waals surface area contributed by atoms with Crippen LogP contribution in [0.5, 0.6) is 0 Å². The maximum atomic E-state index is 13.4. The van der Waals surface area contributed by atoms with Crippen LogP contribution >= 0.6 is 0 Å². The topological polar surface area (TPSA) is 77.2 Å². The van der Waals surface area contributed by atoms with Crippen molar-refractivity contribution < 1.29 is 35.9 Å². The fourth-order valence-electron chi connectivity index (χ4n) is 6.18. The summed E-state index contributed by atoms with van der Waals surface area (Å²) in [5.41, 5.74) is -1.37. The van der Waals surface area contributed by atoms with Gasteiger partial charge in [-0.25, -0.2) is 4.79 Å². The molecule has 2 aromatic carbocycles. The Morgan fingerprint density at radius 2 is 1.53 bits per heavy atom. The molecule has 0 spiro atoms. The zero-order valence-electron chi connectivity index (χ0n) is 23.5. The van der Waals surface area contributed by atoms with Crippen LogP contribution in [-0.4, -0.2) is 52.9 Å². The molecule has 43 heavy (non-hydrogen) atoms. The van der Waals surface area contributed by atoms with Gasteiger partial charge in [-0.15, -0.1) is 0 Å².